The van der Waals surface area contributed by atoms with Gasteiger partial charge < -0.3 is 11.1 Å². The molecule has 0 bridgehead atoms. The zero-order valence-corrected chi connectivity index (χ0v) is 13.0. The van der Waals surface area contributed by atoms with Gasteiger partial charge in [-0.15, -0.1) is 0 Å². The minimum absolute atomic E-state index is 0.0658. The zero-order valence-electron chi connectivity index (χ0n) is 13.0. The van der Waals surface area contributed by atoms with Crippen LogP contribution in [0, 0.1) is 5.82 Å². The lowest BCUT2D eigenvalue weighted by atomic mass is 9.69. The summed E-state index contributed by atoms with van der Waals surface area (Å²) in [5, 5.41) is 3.12. The summed E-state index contributed by atoms with van der Waals surface area (Å²) in [7, 11) is 0. The zero-order chi connectivity index (χ0) is 15.3. The summed E-state index contributed by atoms with van der Waals surface area (Å²) in [4.78, 5) is 4.53. The van der Waals surface area contributed by atoms with Crippen LogP contribution in [0.5, 0.6) is 0 Å². The van der Waals surface area contributed by atoms with Gasteiger partial charge in [-0.1, -0.05) is 31.4 Å². The van der Waals surface area contributed by atoms with Crippen molar-refractivity contribution in [2.75, 3.05) is 6.54 Å². The molecule has 21 heavy (non-hydrogen) atoms. The molecule has 0 spiro atoms. The fourth-order valence-corrected chi connectivity index (χ4v) is 3.16. The Morgan fingerprint density at radius 1 is 1.33 bits per heavy atom. The average Bonchev–Trinajstić information content (AvgIpc) is 2.45. The van der Waals surface area contributed by atoms with Crippen LogP contribution in [0.4, 0.5) is 4.39 Å². The fraction of sp³-hybridized carbons (Fsp3) is 0.588. The van der Waals surface area contributed by atoms with Gasteiger partial charge in [0.1, 0.15) is 5.82 Å². The van der Waals surface area contributed by atoms with Gasteiger partial charge in [0.05, 0.1) is 6.54 Å². The topological polar surface area (TPSA) is 50.4 Å². The number of nitrogens with one attached hydrogen (secondary N) is 1. The van der Waals surface area contributed by atoms with Gasteiger partial charge in [0.2, 0.25) is 0 Å². The van der Waals surface area contributed by atoms with E-state index in [1.807, 2.05) is 19.9 Å². The van der Waals surface area contributed by atoms with Gasteiger partial charge in [0.15, 0.2) is 5.96 Å². The lowest BCUT2D eigenvalue weighted by Crippen LogP contribution is -2.39. The van der Waals surface area contributed by atoms with Gasteiger partial charge in [-0.2, -0.15) is 0 Å². The molecule has 4 heteroatoms. The first-order chi connectivity index (χ1) is 10.0. The molecule has 0 saturated heterocycles. The quantitative estimate of drug-likeness (QED) is 0.660. The van der Waals surface area contributed by atoms with Crippen LogP contribution < -0.4 is 11.1 Å². The van der Waals surface area contributed by atoms with E-state index in [0.29, 0.717) is 12.5 Å². The molecule has 0 atom stereocenters. The van der Waals surface area contributed by atoms with Crippen molar-refractivity contribution in [3.8, 4) is 0 Å². The van der Waals surface area contributed by atoms with Crippen molar-refractivity contribution in [1.29, 1.82) is 0 Å². The highest BCUT2D eigenvalue weighted by molar-refractivity contribution is 5.78. The molecular formula is C17H26FN3. The Balaban J connectivity index is 2.21. The Morgan fingerprint density at radius 3 is 2.67 bits per heavy atom. The Morgan fingerprint density at radius 2 is 2.05 bits per heavy atom. The Labute approximate surface area is 126 Å². The third-order valence-corrected chi connectivity index (χ3v) is 4.24. The van der Waals surface area contributed by atoms with E-state index in [4.69, 9.17) is 5.73 Å². The van der Waals surface area contributed by atoms with Crippen molar-refractivity contribution in [2.45, 2.75) is 57.4 Å². The van der Waals surface area contributed by atoms with E-state index in [2.05, 4.69) is 10.3 Å². The van der Waals surface area contributed by atoms with Crippen LogP contribution >= 0.6 is 0 Å². The molecule has 1 aliphatic carbocycles. The Kier molecular flexibility index (Phi) is 5.21. The number of nitrogens with two attached hydrogens (primary N) is 1. The summed E-state index contributed by atoms with van der Waals surface area (Å²) in [5.41, 5.74) is 6.92. The van der Waals surface area contributed by atoms with E-state index in [1.54, 1.807) is 12.1 Å². The van der Waals surface area contributed by atoms with E-state index < -0.39 is 0 Å². The number of nitrogens with zero attached hydrogens (tertiary/aromatic N) is 1. The second-order valence-corrected chi connectivity index (χ2v) is 6.35. The molecule has 1 aromatic rings. The van der Waals surface area contributed by atoms with Crippen molar-refractivity contribution in [2.24, 2.45) is 10.7 Å². The normalized spacial score (nSPS) is 18.8. The van der Waals surface area contributed by atoms with E-state index >= 15 is 0 Å². The molecule has 116 valence electrons. The number of hydrogen-bond donors (Lipinski definition) is 2. The standard InChI is InChI=1S/C17H26FN3/c1-13(2)21-16(19)20-12-17(9-4-3-5-10-17)14-7-6-8-15(18)11-14/h6-8,11,13H,3-5,9-10,12H2,1-2H3,(H3,19,20,21). The van der Waals surface area contributed by atoms with Gasteiger partial charge in [0, 0.05) is 11.5 Å². The number of guanidine groups is 1. The van der Waals surface area contributed by atoms with Gasteiger partial charge in [0.25, 0.3) is 0 Å². The van der Waals surface area contributed by atoms with Crippen molar-refractivity contribution < 1.29 is 4.39 Å². The molecule has 1 aromatic carbocycles. The molecule has 1 saturated carbocycles. The van der Waals surface area contributed by atoms with Crippen LogP contribution in [-0.4, -0.2) is 18.5 Å². The number of benzene rings is 1. The molecule has 0 radical (unpaired) electrons. The van der Waals surface area contributed by atoms with Crippen LogP contribution in [-0.2, 0) is 5.41 Å². The van der Waals surface area contributed by atoms with Crippen LogP contribution in [0.15, 0.2) is 29.3 Å². The van der Waals surface area contributed by atoms with E-state index in [0.717, 1.165) is 18.4 Å². The predicted molar refractivity (Wildman–Crippen MR) is 85.9 cm³/mol. The van der Waals surface area contributed by atoms with Gasteiger partial charge >= 0.3 is 0 Å². The van der Waals surface area contributed by atoms with Crippen molar-refractivity contribution >= 4 is 5.96 Å². The molecule has 0 amide bonds. The first-order valence-electron chi connectivity index (χ1n) is 7.84. The summed E-state index contributed by atoms with van der Waals surface area (Å²) >= 11 is 0. The number of halogens is 1. The van der Waals surface area contributed by atoms with Gasteiger partial charge in [-0.05, 0) is 44.4 Å². The summed E-state index contributed by atoms with van der Waals surface area (Å²) in [6, 6.07) is 7.24. The molecular weight excluding hydrogens is 265 g/mol. The maximum Gasteiger partial charge on any atom is 0.188 e. The third kappa shape index (κ3) is 4.19. The predicted octanol–water partition coefficient (Wildman–Crippen LogP) is 3.34. The van der Waals surface area contributed by atoms with Crippen LogP contribution in [0.2, 0.25) is 0 Å². The monoisotopic (exact) mass is 291 g/mol. The minimum Gasteiger partial charge on any atom is -0.370 e. The Hall–Kier alpha value is -1.58. The first-order valence-corrected chi connectivity index (χ1v) is 7.84. The van der Waals surface area contributed by atoms with E-state index in [1.165, 1.54) is 25.3 Å². The number of rotatable bonds is 4. The van der Waals surface area contributed by atoms with Crippen molar-refractivity contribution in [3.63, 3.8) is 0 Å². The molecule has 0 aromatic heterocycles. The minimum atomic E-state index is -0.172. The summed E-state index contributed by atoms with van der Waals surface area (Å²) in [6.07, 6.45) is 5.69. The molecule has 1 aliphatic rings. The number of hydrogen-bond acceptors (Lipinski definition) is 1. The van der Waals surface area contributed by atoms with Crippen molar-refractivity contribution in [3.05, 3.63) is 35.6 Å². The summed E-state index contributed by atoms with van der Waals surface area (Å²) in [6.45, 7) is 4.69. The van der Waals surface area contributed by atoms with Crippen molar-refractivity contribution in [1.82, 2.24) is 5.32 Å². The molecule has 0 heterocycles. The maximum atomic E-state index is 13.6. The Bertz CT molecular complexity index is 491. The first kappa shape index (κ1) is 15.8. The lowest BCUT2D eigenvalue weighted by molar-refractivity contribution is 0.300. The third-order valence-electron chi connectivity index (χ3n) is 4.24. The second-order valence-electron chi connectivity index (χ2n) is 6.35. The van der Waals surface area contributed by atoms with Gasteiger partial charge in [-0.3, -0.25) is 4.99 Å². The van der Waals surface area contributed by atoms with Crippen LogP contribution in [0.1, 0.15) is 51.5 Å². The lowest BCUT2D eigenvalue weighted by Gasteiger charge is -2.36. The SMILES string of the molecule is CC(C)NC(N)=NCC1(c2cccc(F)c2)CCCCC1. The summed E-state index contributed by atoms with van der Waals surface area (Å²) in [5.74, 6) is 0.307. The smallest absolute Gasteiger partial charge is 0.188 e. The average molecular weight is 291 g/mol. The van der Waals surface area contributed by atoms with E-state index in [-0.39, 0.29) is 17.3 Å². The van der Waals surface area contributed by atoms with Crippen LogP contribution in [0.25, 0.3) is 0 Å². The highest BCUT2D eigenvalue weighted by Crippen LogP contribution is 2.39. The molecule has 3 nitrogen and oxygen atoms in total. The highest BCUT2D eigenvalue weighted by atomic mass is 19.1. The highest BCUT2D eigenvalue weighted by Gasteiger charge is 2.34. The van der Waals surface area contributed by atoms with Crippen LogP contribution in [0.3, 0.4) is 0 Å². The largest absolute Gasteiger partial charge is 0.370 e. The second kappa shape index (κ2) is 6.92. The fourth-order valence-electron chi connectivity index (χ4n) is 3.16. The molecule has 1 fully saturated rings. The molecule has 3 N–H and O–H groups in total. The maximum absolute atomic E-state index is 13.6. The van der Waals surface area contributed by atoms with E-state index in [9.17, 15) is 4.39 Å². The summed E-state index contributed by atoms with van der Waals surface area (Å²) < 4.78 is 13.6. The van der Waals surface area contributed by atoms with Gasteiger partial charge in [-0.25, -0.2) is 4.39 Å². The molecule has 2 rings (SSSR count). The molecule has 0 aliphatic heterocycles. The number of aliphatic imine (C=N–C) groups is 1. The molecule has 0 unspecified atom stereocenters.